The van der Waals surface area contributed by atoms with Crippen molar-refractivity contribution < 1.29 is 14.6 Å². The van der Waals surface area contributed by atoms with Crippen LogP contribution in [0.15, 0.2) is 48.5 Å². The minimum atomic E-state index is -0.816. The fourth-order valence-electron chi connectivity index (χ4n) is 1.95. The molecule has 0 atom stereocenters. The number of hydrazine groups is 1. The van der Waals surface area contributed by atoms with E-state index in [2.05, 4.69) is 16.2 Å². The number of rotatable bonds is 5. The lowest BCUT2D eigenvalue weighted by Crippen LogP contribution is -2.46. The lowest BCUT2D eigenvalue weighted by molar-refractivity contribution is -0.394. The molecule has 0 saturated carbocycles. The van der Waals surface area contributed by atoms with E-state index < -0.39 is 27.1 Å². The number of nitrogens with zero attached hydrogens (tertiary/aromatic N) is 2. The molecular weight excluding hydrogens is 362 g/mol. The van der Waals surface area contributed by atoms with Gasteiger partial charge in [0.05, 0.1) is 21.5 Å². The second-order valence-corrected chi connectivity index (χ2v) is 5.41. The Labute approximate surface area is 152 Å². The van der Waals surface area contributed by atoms with Crippen molar-refractivity contribution in [2.24, 2.45) is 0 Å². The molecule has 0 aliphatic rings. The number of hydrogen-bond donors (Lipinski definition) is 3. The van der Waals surface area contributed by atoms with Crippen molar-refractivity contribution in [1.29, 1.82) is 0 Å². The fourth-order valence-corrected chi connectivity index (χ4v) is 2.07. The minimum Gasteiger partial charge on any atom is -0.357 e. The zero-order valence-corrected chi connectivity index (χ0v) is 14.0. The van der Waals surface area contributed by atoms with Crippen LogP contribution in [0.1, 0.15) is 15.9 Å². The van der Waals surface area contributed by atoms with Crippen LogP contribution in [0, 0.1) is 20.2 Å². The van der Waals surface area contributed by atoms with Gasteiger partial charge in [-0.2, -0.15) is 0 Å². The van der Waals surface area contributed by atoms with Crippen LogP contribution in [0.2, 0.25) is 0 Å². The van der Waals surface area contributed by atoms with Gasteiger partial charge in [0.2, 0.25) is 0 Å². The second kappa shape index (κ2) is 8.48. The largest absolute Gasteiger partial charge is 0.357 e. The number of carbonyl (C=O) groups is 1. The van der Waals surface area contributed by atoms with Crippen LogP contribution in [-0.4, -0.2) is 20.9 Å². The van der Waals surface area contributed by atoms with Crippen molar-refractivity contribution in [3.63, 3.8) is 0 Å². The standard InChI is InChI=1S/C15H13N5O5S/c21-14(11-6-12(19(22)23)8-13(7-11)20(24)25)17-18-15(26)16-9-10-4-2-1-3-5-10/h1-8H,9H2,(H,17,21)(H2,16,18,26). The number of thiocarbonyl (C=S) groups is 1. The molecule has 0 bridgehead atoms. The highest BCUT2D eigenvalue weighted by Gasteiger charge is 2.19. The van der Waals surface area contributed by atoms with Crippen molar-refractivity contribution in [1.82, 2.24) is 16.2 Å². The number of nitro groups is 2. The lowest BCUT2D eigenvalue weighted by Gasteiger charge is -2.11. The van der Waals surface area contributed by atoms with Crippen LogP contribution in [0.5, 0.6) is 0 Å². The Hall–Kier alpha value is -3.60. The molecule has 2 rings (SSSR count). The molecule has 0 spiro atoms. The molecule has 2 aromatic rings. The molecule has 10 nitrogen and oxygen atoms in total. The molecule has 0 aliphatic carbocycles. The molecule has 0 unspecified atom stereocenters. The summed E-state index contributed by atoms with van der Waals surface area (Å²) in [4.78, 5) is 32.1. The number of nitrogens with one attached hydrogen (secondary N) is 3. The van der Waals surface area contributed by atoms with Gasteiger partial charge in [-0.05, 0) is 17.8 Å². The molecule has 0 fully saturated rings. The monoisotopic (exact) mass is 375 g/mol. The van der Waals surface area contributed by atoms with E-state index in [4.69, 9.17) is 12.2 Å². The number of hydrogen-bond acceptors (Lipinski definition) is 6. The van der Waals surface area contributed by atoms with E-state index in [1.54, 1.807) is 0 Å². The maximum Gasteiger partial charge on any atom is 0.277 e. The average molecular weight is 375 g/mol. The molecule has 11 heteroatoms. The maximum atomic E-state index is 12.1. The third-order valence-electron chi connectivity index (χ3n) is 3.17. The van der Waals surface area contributed by atoms with Crippen LogP contribution >= 0.6 is 12.2 Å². The summed E-state index contributed by atoms with van der Waals surface area (Å²) in [6.45, 7) is 0.421. The Morgan fingerprint density at radius 2 is 1.54 bits per heavy atom. The second-order valence-electron chi connectivity index (χ2n) is 5.00. The fraction of sp³-hybridized carbons (Fsp3) is 0.0667. The number of non-ortho nitro benzene ring substituents is 2. The molecule has 134 valence electrons. The molecular formula is C15H13N5O5S. The van der Waals surface area contributed by atoms with Gasteiger partial charge < -0.3 is 5.32 Å². The van der Waals surface area contributed by atoms with Gasteiger partial charge in [-0.1, -0.05) is 30.3 Å². The summed E-state index contributed by atoms with van der Waals surface area (Å²) in [6.07, 6.45) is 0. The van der Waals surface area contributed by atoms with Gasteiger partial charge in [-0.3, -0.25) is 35.9 Å². The van der Waals surface area contributed by atoms with Gasteiger partial charge in [0.15, 0.2) is 5.11 Å². The summed E-state index contributed by atoms with van der Waals surface area (Å²) in [5.74, 6) is -0.805. The van der Waals surface area contributed by atoms with Gasteiger partial charge >= 0.3 is 0 Å². The molecule has 0 saturated heterocycles. The predicted octanol–water partition coefficient (Wildman–Crippen LogP) is 1.81. The highest BCUT2D eigenvalue weighted by atomic mass is 32.1. The Morgan fingerprint density at radius 1 is 0.962 bits per heavy atom. The van der Waals surface area contributed by atoms with E-state index in [1.165, 1.54) is 0 Å². The van der Waals surface area contributed by atoms with E-state index >= 15 is 0 Å². The van der Waals surface area contributed by atoms with E-state index in [9.17, 15) is 25.0 Å². The van der Waals surface area contributed by atoms with Crippen LogP contribution in [0.4, 0.5) is 11.4 Å². The first-order valence-electron chi connectivity index (χ1n) is 7.19. The summed E-state index contributed by atoms with van der Waals surface area (Å²) in [6, 6.07) is 12.0. The summed E-state index contributed by atoms with van der Waals surface area (Å²) in [5, 5.41) is 24.7. The van der Waals surface area contributed by atoms with E-state index in [0.717, 1.165) is 23.8 Å². The number of carbonyl (C=O) groups excluding carboxylic acids is 1. The molecule has 2 aromatic carbocycles. The highest BCUT2D eigenvalue weighted by molar-refractivity contribution is 7.80. The van der Waals surface area contributed by atoms with Gasteiger partial charge in [0.25, 0.3) is 17.3 Å². The van der Waals surface area contributed by atoms with Crippen LogP contribution in [0.3, 0.4) is 0 Å². The Kier molecular flexibility index (Phi) is 6.11. The van der Waals surface area contributed by atoms with Crippen molar-refractivity contribution in [2.45, 2.75) is 6.54 Å². The van der Waals surface area contributed by atoms with Crippen LogP contribution in [0.25, 0.3) is 0 Å². The van der Waals surface area contributed by atoms with Crippen molar-refractivity contribution >= 4 is 34.6 Å². The number of benzene rings is 2. The van der Waals surface area contributed by atoms with Crippen LogP contribution in [-0.2, 0) is 6.54 Å². The molecule has 0 aromatic heterocycles. The van der Waals surface area contributed by atoms with Crippen LogP contribution < -0.4 is 16.2 Å². The molecule has 0 radical (unpaired) electrons. The summed E-state index contributed by atoms with van der Waals surface area (Å²) >= 11 is 5.00. The topological polar surface area (TPSA) is 139 Å². The summed E-state index contributed by atoms with van der Waals surface area (Å²) in [5.41, 5.74) is 4.26. The van der Waals surface area contributed by atoms with E-state index in [0.29, 0.717) is 6.54 Å². The molecule has 0 heterocycles. The lowest BCUT2D eigenvalue weighted by atomic mass is 10.1. The molecule has 0 aliphatic heterocycles. The zero-order valence-electron chi connectivity index (χ0n) is 13.2. The predicted molar refractivity (Wildman–Crippen MR) is 96.2 cm³/mol. The maximum absolute atomic E-state index is 12.1. The molecule has 3 N–H and O–H groups in total. The SMILES string of the molecule is O=C(NNC(=S)NCc1ccccc1)c1cc([N+](=O)[O-])cc([N+](=O)[O-])c1. The first kappa shape index (κ1) is 18.7. The van der Waals surface area contributed by atoms with Gasteiger partial charge in [-0.15, -0.1) is 0 Å². The number of amides is 1. The first-order valence-corrected chi connectivity index (χ1v) is 7.59. The Morgan fingerprint density at radius 3 is 2.08 bits per heavy atom. The number of nitro benzene ring substituents is 2. The highest BCUT2D eigenvalue weighted by Crippen LogP contribution is 2.22. The van der Waals surface area contributed by atoms with Gasteiger partial charge in [0, 0.05) is 18.7 Å². The van der Waals surface area contributed by atoms with E-state index in [-0.39, 0.29) is 10.7 Å². The molecule has 26 heavy (non-hydrogen) atoms. The normalized spacial score (nSPS) is 9.85. The Bertz CT molecular complexity index is 827. The van der Waals surface area contributed by atoms with Gasteiger partial charge in [0.1, 0.15) is 0 Å². The average Bonchev–Trinajstić information content (AvgIpc) is 2.64. The molecule has 1 amide bonds. The van der Waals surface area contributed by atoms with E-state index in [1.807, 2.05) is 30.3 Å². The first-order chi connectivity index (χ1) is 12.4. The minimum absolute atomic E-state index is 0.113. The van der Waals surface area contributed by atoms with Crippen molar-refractivity contribution in [3.8, 4) is 0 Å². The Balaban J connectivity index is 1.97. The van der Waals surface area contributed by atoms with Crippen molar-refractivity contribution in [2.75, 3.05) is 0 Å². The summed E-state index contributed by atoms with van der Waals surface area (Å²) < 4.78 is 0. The zero-order chi connectivity index (χ0) is 19.1. The third kappa shape index (κ3) is 5.21. The van der Waals surface area contributed by atoms with Gasteiger partial charge in [-0.25, -0.2) is 0 Å². The smallest absolute Gasteiger partial charge is 0.277 e. The summed E-state index contributed by atoms with van der Waals surface area (Å²) in [7, 11) is 0. The third-order valence-corrected chi connectivity index (χ3v) is 3.42. The quantitative estimate of drug-likeness (QED) is 0.408. The van der Waals surface area contributed by atoms with Crippen molar-refractivity contribution in [3.05, 3.63) is 79.9 Å².